The van der Waals surface area contributed by atoms with Crippen molar-refractivity contribution in [2.45, 2.75) is 25.6 Å². The Labute approximate surface area is 134 Å². The van der Waals surface area contributed by atoms with Gasteiger partial charge in [-0.2, -0.15) is 18.3 Å². The number of halogens is 3. The van der Waals surface area contributed by atoms with E-state index in [0.29, 0.717) is 36.8 Å². The average molecular weight is 337 g/mol. The van der Waals surface area contributed by atoms with Gasteiger partial charge in [0.05, 0.1) is 11.6 Å². The lowest BCUT2D eigenvalue weighted by Crippen LogP contribution is -2.26. The zero-order valence-corrected chi connectivity index (χ0v) is 12.5. The summed E-state index contributed by atoms with van der Waals surface area (Å²) in [5.41, 5.74) is -0.176. The van der Waals surface area contributed by atoms with Crippen molar-refractivity contribution < 1.29 is 13.2 Å². The van der Waals surface area contributed by atoms with E-state index in [4.69, 9.17) is 0 Å². The van der Waals surface area contributed by atoms with Crippen molar-refractivity contribution in [1.29, 1.82) is 0 Å². The minimum atomic E-state index is -4.40. The fraction of sp³-hybridized carbons (Fsp3) is 0.429. The second-order valence-corrected chi connectivity index (χ2v) is 5.83. The Hall–Kier alpha value is -2.65. The SMILES string of the molecule is FC(F)(F)c1cn2c(n1)CCC(CNc1ncnc3[nH]ncc13)C2. The maximum Gasteiger partial charge on any atom is 0.434 e. The van der Waals surface area contributed by atoms with Crippen LogP contribution in [0.5, 0.6) is 0 Å². The summed E-state index contributed by atoms with van der Waals surface area (Å²) in [5.74, 6) is 1.36. The predicted molar refractivity (Wildman–Crippen MR) is 79.2 cm³/mol. The molecule has 4 rings (SSSR count). The second kappa shape index (κ2) is 5.46. The number of aromatic amines is 1. The molecule has 1 aliphatic heterocycles. The zero-order chi connectivity index (χ0) is 16.7. The van der Waals surface area contributed by atoms with E-state index in [9.17, 15) is 13.2 Å². The van der Waals surface area contributed by atoms with Gasteiger partial charge in [0.2, 0.25) is 0 Å². The third kappa shape index (κ3) is 2.68. The van der Waals surface area contributed by atoms with Crippen molar-refractivity contribution in [1.82, 2.24) is 29.7 Å². The predicted octanol–water partition coefficient (Wildman–Crippen LogP) is 2.24. The maximum absolute atomic E-state index is 12.7. The number of hydrogen-bond acceptors (Lipinski definition) is 5. The van der Waals surface area contributed by atoms with Gasteiger partial charge in [0.25, 0.3) is 0 Å². The van der Waals surface area contributed by atoms with Crippen LogP contribution in [0.2, 0.25) is 0 Å². The molecule has 1 unspecified atom stereocenters. The number of imidazole rings is 1. The molecule has 0 fully saturated rings. The largest absolute Gasteiger partial charge is 0.434 e. The van der Waals surface area contributed by atoms with Crippen molar-refractivity contribution >= 4 is 16.9 Å². The molecule has 0 amide bonds. The minimum Gasteiger partial charge on any atom is -0.369 e. The third-order valence-corrected chi connectivity index (χ3v) is 4.19. The highest BCUT2D eigenvalue weighted by Crippen LogP contribution is 2.30. The first kappa shape index (κ1) is 14.9. The molecule has 1 atom stereocenters. The van der Waals surface area contributed by atoms with Gasteiger partial charge in [0.1, 0.15) is 18.0 Å². The maximum atomic E-state index is 12.7. The number of aryl methyl sites for hydroxylation is 1. The third-order valence-electron chi connectivity index (χ3n) is 4.19. The number of hydrogen-bond donors (Lipinski definition) is 2. The van der Waals surface area contributed by atoms with Crippen LogP contribution in [0.3, 0.4) is 0 Å². The van der Waals surface area contributed by atoms with Crippen molar-refractivity contribution in [2.24, 2.45) is 5.92 Å². The number of anilines is 1. The molecule has 7 nitrogen and oxygen atoms in total. The Kier molecular flexibility index (Phi) is 3.39. The van der Waals surface area contributed by atoms with E-state index in [2.05, 4.69) is 30.5 Å². The fourth-order valence-corrected chi connectivity index (χ4v) is 2.96. The van der Waals surface area contributed by atoms with Gasteiger partial charge >= 0.3 is 6.18 Å². The summed E-state index contributed by atoms with van der Waals surface area (Å²) in [6, 6.07) is 0. The minimum absolute atomic E-state index is 0.199. The Balaban J connectivity index is 1.46. The number of fused-ring (bicyclic) bond motifs is 2. The van der Waals surface area contributed by atoms with Crippen molar-refractivity contribution in [2.75, 3.05) is 11.9 Å². The van der Waals surface area contributed by atoms with Crippen LogP contribution in [-0.2, 0) is 19.1 Å². The molecule has 0 aliphatic carbocycles. The van der Waals surface area contributed by atoms with Gasteiger partial charge in [-0.15, -0.1) is 0 Å². The normalized spacial score (nSPS) is 17.9. The summed E-state index contributed by atoms with van der Waals surface area (Å²) in [7, 11) is 0. The standard InChI is InChI=1S/C14H14F3N7/c15-14(16,17)10-6-24-5-8(1-2-11(24)22-10)3-18-12-9-4-21-23-13(9)20-7-19-12/h4,6-8H,1-3,5H2,(H2,18,19,20,21,23). The van der Waals surface area contributed by atoms with Gasteiger partial charge in [0, 0.05) is 25.7 Å². The summed E-state index contributed by atoms with van der Waals surface area (Å²) in [5, 5.41) is 10.7. The van der Waals surface area contributed by atoms with Crippen molar-refractivity contribution in [3.05, 3.63) is 30.2 Å². The highest BCUT2D eigenvalue weighted by atomic mass is 19.4. The number of aromatic nitrogens is 6. The fourth-order valence-electron chi connectivity index (χ4n) is 2.96. The lowest BCUT2D eigenvalue weighted by Gasteiger charge is -2.24. The summed E-state index contributed by atoms with van der Waals surface area (Å²) >= 11 is 0. The molecule has 126 valence electrons. The highest BCUT2D eigenvalue weighted by Gasteiger charge is 2.35. The lowest BCUT2D eigenvalue weighted by molar-refractivity contribution is -0.141. The zero-order valence-electron chi connectivity index (χ0n) is 12.5. The summed E-state index contributed by atoms with van der Waals surface area (Å²) in [4.78, 5) is 12.0. The molecule has 1 aliphatic rings. The van der Waals surface area contributed by atoms with E-state index in [-0.39, 0.29) is 5.92 Å². The van der Waals surface area contributed by atoms with E-state index in [1.54, 1.807) is 10.8 Å². The van der Waals surface area contributed by atoms with Crippen molar-refractivity contribution in [3.8, 4) is 0 Å². The number of alkyl halides is 3. The van der Waals surface area contributed by atoms with Gasteiger partial charge in [-0.1, -0.05) is 0 Å². The van der Waals surface area contributed by atoms with E-state index in [0.717, 1.165) is 18.0 Å². The number of nitrogens with one attached hydrogen (secondary N) is 2. The molecule has 10 heteroatoms. The van der Waals surface area contributed by atoms with Gasteiger partial charge in [-0.25, -0.2) is 15.0 Å². The topological polar surface area (TPSA) is 84.3 Å². The monoisotopic (exact) mass is 337 g/mol. The molecule has 24 heavy (non-hydrogen) atoms. The average Bonchev–Trinajstić information content (AvgIpc) is 3.18. The number of nitrogens with zero attached hydrogens (tertiary/aromatic N) is 5. The quantitative estimate of drug-likeness (QED) is 0.766. The van der Waals surface area contributed by atoms with E-state index in [1.165, 1.54) is 6.33 Å². The van der Waals surface area contributed by atoms with Gasteiger partial charge in [-0.3, -0.25) is 5.10 Å². The van der Waals surface area contributed by atoms with Gasteiger partial charge < -0.3 is 9.88 Å². The number of H-pyrrole nitrogens is 1. The van der Waals surface area contributed by atoms with Gasteiger partial charge in [-0.05, 0) is 12.3 Å². The molecular weight excluding hydrogens is 323 g/mol. The molecule has 2 N–H and O–H groups in total. The number of rotatable bonds is 3. The molecule has 0 saturated heterocycles. The summed E-state index contributed by atoms with van der Waals surface area (Å²) < 4.78 is 39.8. The molecule has 0 saturated carbocycles. The van der Waals surface area contributed by atoms with Crippen molar-refractivity contribution in [3.63, 3.8) is 0 Å². The molecule has 0 aromatic carbocycles. The summed E-state index contributed by atoms with van der Waals surface area (Å²) in [6.45, 7) is 1.11. The van der Waals surface area contributed by atoms with Crippen LogP contribution in [0, 0.1) is 5.92 Å². The molecule has 0 bridgehead atoms. The van der Waals surface area contributed by atoms with Crippen LogP contribution >= 0.6 is 0 Å². The van der Waals surface area contributed by atoms with Crippen LogP contribution in [0.15, 0.2) is 18.7 Å². The van der Waals surface area contributed by atoms with E-state index < -0.39 is 11.9 Å². The van der Waals surface area contributed by atoms with E-state index in [1.807, 2.05) is 0 Å². The van der Waals surface area contributed by atoms with Crippen LogP contribution in [-0.4, -0.2) is 36.3 Å². The Morgan fingerprint density at radius 2 is 2.21 bits per heavy atom. The molecule has 3 aromatic rings. The lowest BCUT2D eigenvalue weighted by atomic mass is 9.99. The summed E-state index contributed by atoms with van der Waals surface area (Å²) in [6.07, 6.45) is 1.09. The Bertz CT molecular complexity index is 867. The molecular formula is C14H14F3N7. The van der Waals surface area contributed by atoms with Crippen LogP contribution in [0.4, 0.5) is 19.0 Å². The first-order valence-electron chi connectivity index (χ1n) is 7.52. The smallest absolute Gasteiger partial charge is 0.369 e. The highest BCUT2D eigenvalue weighted by molar-refractivity contribution is 5.85. The molecule has 0 radical (unpaired) electrons. The van der Waals surface area contributed by atoms with Crippen LogP contribution in [0.25, 0.3) is 11.0 Å². The Morgan fingerprint density at radius 1 is 1.33 bits per heavy atom. The first-order chi connectivity index (χ1) is 11.5. The molecule has 4 heterocycles. The van der Waals surface area contributed by atoms with Crippen LogP contribution < -0.4 is 5.32 Å². The first-order valence-corrected chi connectivity index (χ1v) is 7.52. The molecule has 3 aromatic heterocycles. The van der Waals surface area contributed by atoms with Gasteiger partial charge in [0.15, 0.2) is 11.3 Å². The molecule has 0 spiro atoms. The second-order valence-electron chi connectivity index (χ2n) is 5.83. The Morgan fingerprint density at radius 3 is 3.04 bits per heavy atom. The van der Waals surface area contributed by atoms with Crippen LogP contribution in [0.1, 0.15) is 17.9 Å². The van der Waals surface area contributed by atoms with E-state index >= 15 is 0 Å².